The molecule has 1 aliphatic rings. The molecule has 7 nitrogen and oxygen atoms in total. The van der Waals surface area contributed by atoms with Gasteiger partial charge in [0.05, 0.1) is 5.57 Å². The predicted molar refractivity (Wildman–Crippen MR) is 123 cm³/mol. The van der Waals surface area contributed by atoms with E-state index in [9.17, 15) is 4.79 Å². The van der Waals surface area contributed by atoms with Gasteiger partial charge in [-0.15, -0.1) is 5.10 Å². The quantitative estimate of drug-likeness (QED) is 0.476. The number of carbonyl (C=O) groups is 1. The molecule has 0 saturated carbocycles. The first-order chi connectivity index (χ1) is 15.5. The number of hydrogen-bond donors (Lipinski definition) is 2. The Morgan fingerprint density at radius 3 is 2.47 bits per heavy atom. The second kappa shape index (κ2) is 7.85. The molecular weight excluding hydrogens is 402 g/mol. The van der Waals surface area contributed by atoms with E-state index < -0.39 is 6.04 Å². The Kier molecular flexibility index (Phi) is 4.86. The average Bonchev–Trinajstić information content (AvgIpc) is 3.39. The van der Waals surface area contributed by atoms with Gasteiger partial charge >= 0.3 is 0 Å². The standard InChI is InChI=1S/C25H23N5O2/c1-15-9-7-8-12-19(15)23-28-25-26-17(3)21(24(31)27-18-10-5-4-6-11-18)22(30(25)29-23)20-14-13-16(2)32-20/h4-14,22H,1-3H3,(H,27,31)(H,26,28,29). The maximum Gasteiger partial charge on any atom is 0.256 e. The predicted octanol–water partition coefficient (Wildman–Crippen LogP) is 5.08. The van der Waals surface area contributed by atoms with Crippen molar-refractivity contribution in [3.63, 3.8) is 0 Å². The fraction of sp³-hybridized carbons (Fsp3) is 0.160. The molecule has 4 aromatic rings. The fourth-order valence-corrected chi connectivity index (χ4v) is 3.97. The molecule has 160 valence electrons. The average molecular weight is 425 g/mol. The zero-order valence-electron chi connectivity index (χ0n) is 18.1. The molecule has 5 rings (SSSR count). The van der Waals surface area contributed by atoms with Gasteiger partial charge in [0.15, 0.2) is 5.82 Å². The van der Waals surface area contributed by atoms with Gasteiger partial charge in [-0.1, -0.05) is 42.5 Å². The van der Waals surface area contributed by atoms with Gasteiger partial charge in [-0.25, -0.2) is 4.68 Å². The number of para-hydroxylation sites is 1. The highest BCUT2D eigenvalue weighted by molar-refractivity contribution is 6.05. The number of carbonyl (C=O) groups excluding carboxylic acids is 1. The summed E-state index contributed by atoms with van der Waals surface area (Å²) >= 11 is 0. The zero-order valence-corrected chi connectivity index (χ0v) is 18.1. The number of rotatable bonds is 4. The van der Waals surface area contributed by atoms with Crippen LogP contribution in [0.15, 0.2) is 82.4 Å². The Labute approximate surface area is 185 Å². The van der Waals surface area contributed by atoms with E-state index in [0.29, 0.717) is 28.8 Å². The highest BCUT2D eigenvalue weighted by Crippen LogP contribution is 2.37. The van der Waals surface area contributed by atoms with Crippen molar-refractivity contribution in [2.45, 2.75) is 26.8 Å². The van der Waals surface area contributed by atoms with Gasteiger partial charge in [0, 0.05) is 16.9 Å². The Morgan fingerprint density at radius 1 is 1.00 bits per heavy atom. The topological polar surface area (TPSA) is 85.0 Å². The molecule has 2 aromatic heterocycles. The summed E-state index contributed by atoms with van der Waals surface area (Å²) in [5.74, 6) is 2.33. The smallest absolute Gasteiger partial charge is 0.256 e. The van der Waals surface area contributed by atoms with Gasteiger partial charge in [0.2, 0.25) is 5.95 Å². The molecule has 1 amide bonds. The van der Waals surface area contributed by atoms with Gasteiger partial charge in [-0.2, -0.15) is 4.98 Å². The van der Waals surface area contributed by atoms with E-state index in [0.717, 1.165) is 22.6 Å². The first-order valence-electron chi connectivity index (χ1n) is 10.4. The minimum atomic E-state index is -0.547. The van der Waals surface area contributed by atoms with Crippen LogP contribution in [0.1, 0.15) is 30.0 Å². The largest absolute Gasteiger partial charge is 0.464 e. The van der Waals surface area contributed by atoms with Gasteiger partial charge < -0.3 is 15.1 Å². The Bertz CT molecular complexity index is 1330. The highest BCUT2D eigenvalue weighted by Gasteiger charge is 2.36. The normalized spacial score (nSPS) is 15.3. The summed E-state index contributed by atoms with van der Waals surface area (Å²) in [6.07, 6.45) is 0. The lowest BCUT2D eigenvalue weighted by Gasteiger charge is -2.27. The summed E-state index contributed by atoms with van der Waals surface area (Å²) in [4.78, 5) is 18.1. The van der Waals surface area contributed by atoms with Crippen LogP contribution in [-0.4, -0.2) is 20.7 Å². The zero-order chi connectivity index (χ0) is 22.2. The third kappa shape index (κ3) is 3.47. The molecule has 2 N–H and O–H groups in total. The first kappa shape index (κ1) is 19.8. The summed E-state index contributed by atoms with van der Waals surface area (Å²) in [5, 5.41) is 11.0. The SMILES string of the molecule is CC1=C(C(=O)Nc2ccccc2)C(c2ccc(C)o2)n2nc(-c3ccccc3C)nc2N1. The molecule has 0 radical (unpaired) electrons. The third-order valence-electron chi connectivity index (χ3n) is 5.55. The molecule has 32 heavy (non-hydrogen) atoms. The number of hydrogen-bond acceptors (Lipinski definition) is 5. The molecular formula is C25H23N5O2. The van der Waals surface area contributed by atoms with E-state index >= 15 is 0 Å². The number of anilines is 2. The molecule has 2 aromatic carbocycles. The highest BCUT2D eigenvalue weighted by atomic mass is 16.3. The lowest BCUT2D eigenvalue weighted by Crippen LogP contribution is -2.31. The van der Waals surface area contributed by atoms with E-state index in [4.69, 9.17) is 14.5 Å². The number of allylic oxidation sites excluding steroid dienone is 1. The molecule has 1 unspecified atom stereocenters. The van der Waals surface area contributed by atoms with E-state index in [2.05, 4.69) is 10.6 Å². The van der Waals surface area contributed by atoms with Crippen LogP contribution in [-0.2, 0) is 4.79 Å². The summed E-state index contributed by atoms with van der Waals surface area (Å²) in [5.41, 5.74) is 3.97. The van der Waals surface area contributed by atoms with Crippen molar-refractivity contribution in [1.29, 1.82) is 0 Å². The van der Waals surface area contributed by atoms with Crippen LogP contribution in [0.3, 0.4) is 0 Å². The second-order valence-corrected chi connectivity index (χ2v) is 7.85. The molecule has 1 aliphatic heterocycles. The summed E-state index contributed by atoms with van der Waals surface area (Å²) in [6, 6.07) is 20.6. The molecule has 0 aliphatic carbocycles. The Morgan fingerprint density at radius 2 is 1.75 bits per heavy atom. The van der Waals surface area contributed by atoms with Crippen LogP contribution in [0.5, 0.6) is 0 Å². The Balaban J connectivity index is 1.61. The number of aromatic nitrogens is 3. The van der Waals surface area contributed by atoms with E-state index in [1.165, 1.54) is 0 Å². The summed E-state index contributed by atoms with van der Waals surface area (Å²) in [7, 11) is 0. The number of nitrogens with one attached hydrogen (secondary N) is 2. The van der Waals surface area contributed by atoms with Gasteiger partial charge in [0.25, 0.3) is 5.91 Å². The molecule has 3 heterocycles. The first-order valence-corrected chi connectivity index (χ1v) is 10.4. The van der Waals surface area contributed by atoms with E-state index in [-0.39, 0.29) is 5.91 Å². The number of fused-ring (bicyclic) bond motifs is 1. The second-order valence-electron chi connectivity index (χ2n) is 7.85. The number of benzene rings is 2. The number of furan rings is 1. The van der Waals surface area contributed by atoms with Crippen molar-refractivity contribution < 1.29 is 9.21 Å². The molecule has 0 fully saturated rings. The van der Waals surface area contributed by atoms with Crippen LogP contribution in [0, 0.1) is 13.8 Å². The lowest BCUT2D eigenvalue weighted by molar-refractivity contribution is -0.113. The summed E-state index contributed by atoms with van der Waals surface area (Å²) in [6.45, 7) is 5.78. The monoisotopic (exact) mass is 425 g/mol. The maximum absolute atomic E-state index is 13.4. The third-order valence-corrected chi connectivity index (χ3v) is 5.55. The van der Waals surface area contributed by atoms with Crippen LogP contribution >= 0.6 is 0 Å². The van der Waals surface area contributed by atoms with Crippen LogP contribution < -0.4 is 10.6 Å². The molecule has 1 atom stereocenters. The van der Waals surface area contributed by atoms with Gasteiger partial charge in [0.1, 0.15) is 17.6 Å². The Hall–Kier alpha value is -4.13. The fourth-order valence-electron chi connectivity index (χ4n) is 3.97. The molecule has 7 heteroatoms. The lowest BCUT2D eigenvalue weighted by atomic mass is 10.00. The number of aryl methyl sites for hydroxylation is 2. The van der Waals surface area contributed by atoms with Crippen molar-refractivity contribution in [1.82, 2.24) is 14.8 Å². The molecule has 0 spiro atoms. The maximum atomic E-state index is 13.4. The minimum absolute atomic E-state index is 0.223. The van der Waals surface area contributed by atoms with E-state index in [1.54, 1.807) is 4.68 Å². The molecule has 0 saturated heterocycles. The van der Waals surface area contributed by atoms with Crippen molar-refractivity contribution in [2.24, 2.45) is 0 Å². The van der Waals surface area contributed by atoms with E-state index in [1.807, 2.05) is 87.5 Å². The van der Waals surface area contributed by atoms with Crippen LogP contribution in [0.25, 0.3) is 11.4 Å². The minimum Gasteiger partial charge on any atom is -0.464 e. The number of amides is 1. The van der Waals surface area contributed by atoms with Gasteiger partial charge in [-0.05, 0) is 50.6 Å². The van der Waals surface area contributed by atoms with Crippen LogP contribution in [0.4, 0.5) is 11.6 Å². The van der Waals surface area contributed by atoms with Crippen molar-refractivity contribution >= 4 is 17.5 Å². The summed E-state index contributed by atoms with van der Waals surface area (Å²) < 4.78 is 7.70. The van der Waals surface area contributed by atoms with Crippen molar-refractivity contribution in [3.8, 4) is 11.4 Å². The number of nitrogens with zero attached hydrogens (tertiary/aromatic N) is 3. The molecule has 0 bridgehead atoms. The van der Waals surface area contributed by atoms with Crippen molar-refractivity contribution in [3.05, 3.63) is 95.1 Å². The van der Waals surface area contributed by atoms with Crippen LogP contribution in [0.2, 0.25) is 0 Å². The van der Waals surface area contributed by atoms with Crippen molar-refractivity contribution in [2.75, 3.05) is 10.6 Å². The van der Waals surface area contributed by atoms with Gasteiger partial charge in [-0.3, -0.25) is 4.79 Å².